The van der Waals surface area contributed by atoms with Crippen molar-refractivity contribution in [3.05, 3.63) is 45.4 Å². The molecule has 1 aromatic heterocycles. The zero-order valence-corrected chi connectivity index (χ0v) is 11.8. The number of hydrogen-bond acceptors (Lipinski definition) is 4. The monoisotopic (exact) mass is 262 g/mol. The third kappa shape index (κ3) is 2.89. The third-order valence-corrected chi connectivity index (χ3v) is 3.90. The van der Waals surface area contributed by atoms with Crippen LogP contribution in [0.1, 0.15) is 27.9 Å². The fraction of sp³-hybridized carbons (Fsp3) is 0.357. The van der Waals surface area contributed by atoms with Gasteiger partial charge in [-0.15, -0.1) is 11.3 Å². The lowest BCUT2D eigenvalue weighted by atomic mass is 10.0. The van der Waals surface area contributed by atoms with E-state index in [0.29, 0.717) is 0 Å². The van der Waals surface area contributed by atoms with Crippen molar-refractivity contribution in [1.29, 1.82) is 0 Å². The maximum absolute atomic E-state index is 6.22. The second kappa shape index (κ2) is 5.50. The predicted octanol–water partition coefficient (Wildman–Crippen LogP) is 3.01. The van der Waals surface area contributed by atoms with Crippen LogP contribution in [0.4, 0.5) is 0 Å². The fourth-order valence-electron chi connectivity index (χ4n) is 1.93. The van der Waals surface area contributed by atoms with Crippen molar-refractivity contribution in [2.45, 2.75) is 26.3 Å². The summed E-state index contributed by atoms with van der Waals surface area (Å²) in [6.45, 7) is 4.03. The highest BCUT2D eigenvalue weighted by molar-refractivity contribution is 7.09. The molecule has 2 N–H and O–H groups in total. The Hall–Kier alpha value is -1.39. The molecule has 1 atom stereocenters. The first-order valence-electron chi connectivity index (χ1n) is 5.91. The van der Waals surface area contributed by atoms with Gasteiger partial charge in [0.1, 0.15) is 5.75 Å². The first-order valence-corrected chi connectivity index (χ1v) is 6.79. The van der Waals surface area contributed by atoms with Gasteiger partial charge >= 0.3 is 0 Å². The van der Waals surface area contributed by atoms with Crippen molar-refractivity contribution in [2.75, 3.05) is 7.11 Å². The van der Waals surface area contributed by atoms with Crippen LogP contribution in [0.15, 0.2) is 23.6 Å². The van der Waals surface area contributed by atoms with Gasteiger partial charge < -0.3 is 10.5 Å². The number of rotatable bonds is 4. The molecule has 0 aliphatic heterocycles. The minimum absolute atomic E-state index is 0.0137. The molecule has 3 nitrogen and oxygen atoms in total. The lowest BCUT2D eigenvalue weighted by Gasteiger charge is -2.13. The van der Waals surface area contributed by atoms with E-state index >= 15 is 0 Å². The molecular formula is C14H18N2OS. The van der Waals surface area contributed by atoms with Crippen LogP contribution in [0.5, 0.6) is 5.75 Å². The SMILES string of the molecule is COc1ccc(C(N)Cc2nc(C)cs2)cc1C. The molecule has 0 bridgehead atoms. The second-order valence-corrected chi connectivity index (χ2v) is 5.36. The van der Waals surface area contributed by atoms with Gasteiger partial charge in [-0.1, -0.05) is 12.1 Å². The molecule has 0 spiro atoms. The van der Waals surface area contributed by atoms with Gasteiger partial charge in [0.05, 0.1) is 12.1 Å². The number of ether oxygens (including phenoxy) is 1. The van der Waals surface area contributed by atoms with Gasteiger partial charge in [0.25, 0.3) is 0 Å². The van der Waals surface area contributed by atoms with E-state index in [9.17, 15) is 0 Å². The smallest absolute Gasteiger partial charge is 0.121 e. The first kappa shape index (κ1) is 13.1. The molecule has 0 fully saturated rings. The van der Waals surface area contributed by atoms with E-state index in [4.69, 9.17) is 10.5 Å². The normalized spacial score (nSPS) is 12.4. The number of benzene rings is 1. The van der Waals surface area contributed by atoms with E-state index in [1.807, 2.05) is 26.0 Å². The Kier molecular flexibility index (Phi) is 3.99. The summed E-state index contributed by atoms with van der Waals surface area (Å²) in [6, 6.07) is 6.07. The van der Waals surface area contributed by atoms with E-state index in [-0.39, 0.29) is 6.04 Å². The van der Waals surface area contributed by atoms with Crippen molar-refractivity contribution in [3.63, 3.8) is 0 Å². The van der Waals surface area contributed by atoms with Crippen molar-refractivity contribution in [3.8, 4) is 5.75 Å². The van der Waals surface area contributed by atoms with Gasteiger partial charge in [-0.3, -0.25) is 0 Å². The maximum Gasteiger partial charge on any atom is 0.121 e. The number of methoxy groups -OCH3 is 1. The molecule has 2 rings (SSSR count). The van der Waals surface area contributed by atoms with Gasteiger partial charge in [-0.25, -0.2) is 4.98 Å². The summed E-state index contributed by atoms with van der Waals surface area (Å²) in [7, 11) is 1.68. The van der Waals surface area contributed by atoms with Crippen LogP contribution in [-0.2, 0) is 6.42 Å². The highest BCUT2D eigenvalue weighted by atomic mass is 32.1. The Morgan fingerprint density at radius 3 is 2.72 bits per heavy atom. The molecule has 0 saturated carbocycles. The van der Waals surface area contributed by atoms with Crippen LogP contribution in [0.2, 0.25) is 0 Å². The molecule has 4 heteroatoms. The van der Waals surface area contributed by atoms with Crippen molar-refractivity contribution >= 4 is 11.3 Å². The number of thiazole rings is 1. The van der Waals surface area contributed by atoms with Crippen molar-refractivity contribution in [1.82, 2.24) is 4.98 Å². The molecule has 96 valence electrons. The quantitative estimate of drug-likeness (QED) is 0.921. The molecule has 18 heavy (non-hydrogen) atoms. The maximum atomic E-state index is 6.22. The summed E-state index contributed by atoms with van der Waals surface area (Å²) in [5, 5.41) is 3.15. The molecule has 0 radical (unpaired) electrons. The van der Waals surface area contributed by atoms with Crippen molar-refractivity contribution < 1.29 is 4.74 Å². The minimum atomic E-state index is -0.0137. The van der Waals surface area contributed by atoms with Crippen LogP contribution >= 0.6 is 11.3 Å². The number of hydrogen-bond donors (Lipinski definition) is 1. The zero-order chi connectivity index (χ0) is 13.1. The second-order valence-electron chi connectivity index (χ2n) is 4.42. The van der Waals surface area contributed by atoms with Gasteiger partial charge in [0, 0.05) is 23.5 Å². The third-order valence-electron chi connectivity index (χ3n) is 2.91. The molecule has 1 heterocycles. The molecule has 1 unspecified atom stereocenters. The molecule has 0 saturated heterocycles. The van der Waals surface area contributed by atoms with Crippen LogP contribution in [0.25, 0.3) is 0 Å². The summed E-state index contributed by atoms with van der Waals surface area (Å²) < 4.78 is 5.25. The summed E-state index contributed by atoms with van der Waals surface area (Å²) in [5.74, 6) is 0.899. The molecular weight excluding hydrogens is 244 g/mol. The number of aromatic nitrogens is 1. The van der Waals surface area contributed by atoms with Gasteiger partial charge in [0.15, 0.2) is 0 Å². The van der Waals surface area contributed by atoms with Gasteiger partial charge in [0.2, 0.25) is 0 Å². The fourth-order valence-corrected chi connectivity index (χ4v) is 2.77. The van der Waals surface area contributed by atoms with Crippen LogP contribution in [0.3, 0.4) is 0 Å². The first-order chi connectivity index (χ1) is 8.60. The Morgan fingerprint density at radius 2 is 2.17 bits per heavy atom. The molecule has 2 aromatic rings. The highest BCUT2D eigenvalue weighted by Crippen LogP contribution is 2.24. The van der Waals surface area contributed by atoms with Crippen LogP contribution in [0, 0.1) is 13.8 Å². The molecule has 0 aliphatic carbocycles. The Bertz CT molecular complexity index is 536. The molecule has 0 aliphatic rings. The molecule has 0 amide bonds. The number of aryl methyl sites for hydroxylation is 2. The number of nitrogens with zero attached hydrogens (tertiary/aromatic N) is 1. The topological polar surface area (TPSA) is 48.1 Å². The van der Waals surface area contributed by atoms with Crippen LogP contribution < -0.4 is 10.5 Å². The summed E-state index contributed by atoms with van der Waals surface area (Å²) in [5.41, 5.74) is 9.52. The van der Waals surface area contributed by atoms with Gasteiger partial charge in [-0.05, 0) is 31.0 Å². The number of nitrogens with two attached hydrogens (primary N) is 1. The largest absolute Gasteiger partial charge is 0.496 e. The average Bonchev–Trinajstić information content (AvgIpc) is 2.74. The predicted molar refractivity (Wildman–Crippen MR) is 75.2 cm³/mol. The van der Waals surface area contributed by atoms with Crippen LogP contribution in [-0.4, -0.2) is 12.1 Å². The van der Waals surface area contributed by atoms with Gasteiger partial charge in [-0.2, -0.15) is 0 Å². The van der Waals surface area contributed by atoms with E-state index in [2.05, 4.69) is 16.4 Å². The van der Waals surface area contributed by atoms with Crippen molar-refractivity contribution in [2.24, 2.45) is 5.73 Å². The van der Waals surface area contributed by atoms with E-state index in [1.165, 1.54) is 0 Å². The lowest BCUT2D eigenvalue weighted by molar-refractivity contribution is 0.411. The Morgan fingerprint density at radius 1 is 1.39 bits per heavy atom. The van der Waals surface area contributed by atoms with E-state index in [0.717, 1.165) is 34.0 Å². The Balaban J connectivity index is 2.13. The standard InChI is InChI=1S/C14H18N2OS/c1-9-6-11(4-5-13(9)17-3)12(15)7-14-16-10(2)8-18-14/h4-6,8,12H,7,15H2,1-3H3. The molecule has 1 aromatic carbocycles. The van der Waals surface area contributed by atoms with E-state index in [1.54, 1.807) is 18.4 Å². The highest BCUT2D eigenvalue weighted by Gasteiger charge is 2.11. The Labute approximate surface area is 112 Å². The van der Waals surface area contributed by atoms with E-state index < -0.39 is 0 Å². The summed E-state index contributed by atoms with van der Waals surface area (Å²) in [6.07, 6.45) is 0.782. The minimum Gasteiger partial charge on any atom is -0.496 e. The lowest BCUT2D eigenvalue weighted by Crippen LogP contribution is -2.13. The summed E-state index contributed by atoms with van der Waals surface area (Å²) >= 11 is 1.67. The zero-order valence-electron chi connectivity index (χ0n) is 10.9. The average molecular weight is 262 g/mol. The summed E-state index contributed by atoms with van der Waals surface area (Å²) in [4.78, 5) is 4.45.